The SMILES string of the molecule is CN1CC[C@@H](c2ccc(NS(C)(=O)=O)cc2)[C@H](COc2ccc3c(c2)C(=O)NC3)C1. The molecule has 0 radical (unpaired) electrons. The molecule has 1 fully saturated rings. The molecule has 2 aliphatic heterocycles. The first-order valence-electron chi connectivity index (χ1n) is 10.1. The summed E-state index contributed by atoms with van der Waals surface area (Å²) >= 11 is 0. The van der Waals surface area contributed by atoms with Crippen LogP contribution < -0.4 is 14.8 Å². The average Bonchev–Trinajstić information content (AvgIpc) is 3.06. The molecule has 4 rings (SSSR count). The third-order valence-corrected chi connectivity index (χ3v) is 6.42. The number of carbonyl (C=O) groups is 1. The Hall–Kier alpha value is -2.58. The second-order valence-corrected chi connectivity index (χ2v) is 9.97. The number of rotatable bonds is 6. The summed E-state index contributed by atoms with van der Waals surface area (Å²) in [5.41, 5.74) is 3.45. The Morgan fingerprint density at radius 2 is 1.97 bits per heavy atom. The standard InChI is InChI=1S/C22H27N3O4S/c1-25-10-9-20(15-3-6-18(7-4-15)24-30(2,27)28)17(13-25)14-29-19-8-5-16-12-23-22(26)21(16)11-19/h3-8,11,17,20,24H,9-10,12-14H2,1-2H3,(H,23,26)/t17-,20-/m0/s1. The van der Waals surface area contributed by atoms with Gasteiger partial charge in [-0.25, -0.2) is 8.42 Å². The lowest BCUT2D eigenvalue weighted by Crippen LogP contribution is -2.39. The molecule has 2 aromatic carbocycles. The largest absolute Gasteiger partial charge is 0.493 e. The van der Waals surface area contributed by atoms with E-state index in [1.54, 1.807) is 0 Å². The zero-order valence-corrected chi connectivity index (χ0v) is 18.0. The van der Waals surface area contributed by atoms with Crippen LogP contribution in [0.4, 0.5) is 5.69 Å². The summed E-state index contributed by atoms with van der Waals surface area (Å²) in [7, 11) is -1.17. The van der Waals surface area contributed by atoms with E-state index in [0.717, 1.165) is 31.3 Å². The lowest BCUT2D eigenvalue weighted by atomic mass is 9.81. The molecule has 0 spiro atoms. The number of benzene rings is 2. The van der Waals surface area contributed by atoms with Gasteiger partial charge < -0.3 is 15.0 Å². The van der Waals surface area contributed by atoms with Crippen LogP contribution in [0.15, 0.2) is 42.5 Å². The smallest absolute Gasteiger partial charge is 0.252 e. The minimum atomic E-state index is -3.29. The number of fused-ring (bicyclic) bond motifs is 1. The van der Waals surface area contributed by atoms with Gasteiger partial charge in [0, 0.05) is 30.3 Å². The summed E-state index contributed by atoms with van der Waals surface area (Å²) in [6.07, 6.45) is 2.16. The Labute approximate surface area is 177 Å². The van der Waals surface area contributed by atoms with E-state index in [-0.39, 0.29) is 5.91 Å². The first kappa shape index (κ1) is 20.7. The number of nitrogens with one attached hydrogen (secondary N) is 2. The molecule has 1 amide bonds. The molecule has 30 heavy (non-hydrogen) atoms. The third-order valence-electron chi connectivity index (χ3n) is 5.81. The van der Waals surface area contributed by atoms with Crippen LogP contribution in [-0.2, 0) is 16.6 Å². The quantitative estimate of drug-likeness (QED) is 0.736. The molecule has 2 aromatic rings. The highest BCUT2D eigenvalue weighted by atomic mass is 32.2. The van der Waals surface area contributed by atoms with Gasteiger partial charge in [0.25, 0.3) is 5.91 Å². The summed E-state index contributed by atoms with van der Waals surface area (Å²) in [5, 5.41) is 2.83. The maximum absolute atomic E-state index is 11.9. The van der Waals surface area contributed by atoms with Crippen LogP contribution in [0.25, 0.3) is 0 Å². The number of carbonyl (C=O) groups excluding carboxylic acids is 1. The fourth-order valence-electron chi connectivity index (χ4n) is 4.32. The predicted octanol–water partition coefficient (Wildman–Crippen LogP) is 2.42. The highest BCUT2D eigenvalue weighted by molar-refractivity contribution is 7.92. The number of nitrogens with zero attached hydrogens (tertiary/aromatic N) is 1. The molecule has 2 aliphatic rings. The first-order chi connectivity index (χ1) is 14.3. The number of ether oxygens (including phenoxy) is 1. The zero-order chi connectivity index (χ0) is 21.3. The monoisotopic (exact) mass is 429 g/mol. The van der Waals surface area contributed by atoms with Gasteiger partial charge >= 0.3 is 0 Å². The molecular weight excluding hydrogens is 402 g/mol. The van der Waals surface area contributed by atoms with Crippen LogP contribution in [0.5, 0.6) is 5.75 Å². The first-order valence-corrected chi connectivity index (χ1v) is 12.0. The van der Waals surface area contributed by atoms with Crippen LogP contribution in [0.3, 0.4) is 0 Å². The van der Waals surface area contributed by atoms with Gasteiger partial charge in [0.15, 0.2) is 0 Å². The highest BCUT2D eigenvalue weighted by Gasteiger charge is 2.30. The molecule has 2 N–H and O–H groups in total. The van der Waals surface area contributed by atoms with E-state index in [4.69, 9.17) is 4.74 Å². The van der Waals surface area contributed by atoms with E-state index in [1.807, 2.05) is 42.5 Å². The minimum Gasteiger partial charge on any atom is -0.493 e. The van der Waals surface area contributed by atoms with Crippen LogP contribution in [0.1, 0.15) is 33.8 Å². The summed E-state index contributed by atoms with van der Waals surface area (Å²) in [5.74, 6) is 1.28. The molecule has 0 unspecified atom stereocenters. The second-order valence-electron chi connectivity index (χ2n) is 8.23. The lowest BCUT2D eigenvalue weighted by Gasteiger charge is -2.37. The summed E-state index contributed by atoms with van der Waals surface area (Å²) in [6, 6.07) is 13.3. The van der Waals surface area contributed by atoms with Gasteiger partial charge in [0.2, 0.25) is 10.0 Å². The van der Waals surface area contributed by atoms with Crippen molar-refractivity contribution in [3.8, 4) is 5.75 Å². The van der Waals surface area contributed by atoms with Gasteiger partial charge in [-0.15, -0.1) is 0 Å². The van der Waals surface area contributed by atoms with E-state index >= 15 is 0 Å². The van der Waals surface area contributed by atoms with E-state index in [2.05, 4.69) is 22.0 Å². The fourth-order valence-corrected chi connectivity index (χ4v) is 4.88. The van der Waals surface area contributed by atoms with Gasteiger partial charge in [0.05, 0.1) is 12.9 Å². The van der Waals surface area contributed by atoms with E-state index in [9.17, 15) is 13.2 Å². The molecule has 0 aromatic heterocycles. The van der Waals surface area contributed by atoms with Crippen molar-refractivity contribution < 1.29 is 17.9 Å². The molecule has 2 heterocycles. The van der Waals surface area contributed by atoms with Crippen LogP contribution in [0, 0.1) is 5.92 Å². The van der Waals surface area contributed by atoms with Crippen LogP contribution >= 0.6 is 0 Å². The van der Waals surface area contributed by atoms with Gasteiger partial charge in [-0.3, -0.25) is 9.52 Å². The number of sulfonamides is 1. The average molecular weight is 430 g/mol. The van der Waals surface area contributed by atoms with Crippen molar-refractivity contribution in [2.45, 2.75) is 18.9 Å². The molecule has 0 saturated carbocycles. The molecular formula is C22H27N3O4S. The fraction of sp³-hybridized carbons (Fsp3) is 0.409. The molecule has 160 valence electrons. The Kier molecular flexibility index (Phi) is 5.71. The molecule has 7 nitrogen and oxygen atoms in total. The maximum atomic E-state index is 11.9. The van der Waals surface area contributed by atoms with Crippen molar-refractivity contribution in [1.29, 1.82) is 0 Å². The van der Waals surface area contributed by atoms with Crippen molar-refractivity contribution in [2.75, 3.05) is 37.7 Å². The summed E-state index contributed by atoms with van der Waals surface area (Å²) in [6.45, 7) is 3.05. The lowest BCUT2D eigenvalue weighted by molar-refractivity contribution is 0.0965. The van der Waals surface area contributed by atoms with Crippen molar-refractivity contribution in [3.63, 3.8) is 0 Å². The zero-order valence-electron chi connectivity index (χ0n) is 17.2. The molecule has 1 saturated heterocycles. The van der Waals surface area contributed by atoms with Crippen molar-refractivity contribution in [2.24, 2.45) is 5.92 Å². The van der Waals surface area contributed by atoms with E-state index in [0.29, 0.717) is 42.0 Å². The number of hydrogen-bond acceptors (Lipinski definition) is 5. The Bertz CT molecular complexity index is 1040. The van der Waals surface area contributed by atoms with Crippen LogP contribution in [0.2, 0.25) is 0 Å². The topological polar surface area (TPSA) is 87.7 Å². The number of amides is 1. The van der Waals surface area contributed by atoms with Gasteiger partial charge in [0.1, 0.15) is 5.75 Å². The number of piperidine rings is 1. The maximum Gasteiger partial charge on any atom is 0.252 e. The molecule has 0 bridgehead atoms. The van der Waals surface area contributed by atoms with Gasteiger partial charge in [-0.1, -0.05) is 18.2 Å². The number of likely N-dealkylation sites (tertiary alicyclic amines) is 1. The van der Waals surface area contributed by atoms with Gasteiger partial charge in [-0.05, 0) is 61.3 Å². The predicted molar refractivity (Wildman–Crippen MR) is 116 cm³/mol. The second kappa shape index (κ2) is 8.28. The molecule has 2 atom stereocenters. The van der Waals surface area contributed by atoms with E-state index < -0.39 is 10.0 Å². The van der Waals surface area contributed by atoms with Crippen molar-refractivity contribution >= 4 is 21.6 Å². The molecule has 0 aliphatic carbocycles. The van der Waals surface area contributed by atoms with E-state index in [1.165, 1.54) is 5.56 Å². The van der Waals surface area contributed by atoms with Crippen molar-refractivity contribution in [3.05, 3.63) is 59.2 Å². The third kappa shape index (κ3) is 4.76. The minimum absolute atomic E-state index is 0.0477. The summed E-state index contributed by atoms with van der Waals surface area (Å²) in [4.78, 5) is 14.2. The number of anilines is 1. The number of hydrogen-bond donors (Lipinski definition) is 2. The highest BCUT2D eigenvalue weighted by Crippen LogP contribution is 2.34. The normalized spacial score (nSPS) is 21.7. The van der Waals surface area contributed by atoms with Crippen LogP contribution in [-0.4, -0.2) is 52.2 Å². The van der Waals surface area contributed by atoms with Crippen molar-refractivity contribution in [1.82, 2.24) is 10.2 Å². The van der Waals surface area contributed by atoms with Gasteiger partial charge in [-0.2, -0.15) is 0 Å². The Morgan fingerprint density at radius 3 is 2.70 bits per heavy atom. The Balaban J connectivity index is 1.47. The molecule has 8 heteroatoms. The summed E-state index contributed by atoms with van der Waals surface area (Å²) < 4.78 is 31.5. The Morgan fingerprint density at radius 1 is 1.20 bits per heavy atom.